The molecule has 0 bridgehead atoms. The number of aryl methyl sites for hydroxylation is 1. The Labute approximate surface area is 144 Å². The molecule has 4 heteroatoms. The molecule has 0 radical (unpaired) electrons. The van der Waals surface area contributed by atoms with E-state index in [4.69, 9.17) is 4.74 Å². The minimum Gasteiger partial charge on any atom is -0.490 e. The van der Waals surface area contributed by atoms with Gasteiger partial charge < -0.3 is 15.0 Å². The maximum atomic E-state index is 12.8. The zero-order valence-electron chi connectivity index (χ0n) is 14.6. The molecule has 1 atom stereocenters. The largest absolute Gasteiger partial charge is 0.490 e. The van der Waals surface area contributed by atoms with E-state index in [2.05, 4.69) is 29.3 Å². The molecule has 2 aliphatic heterocycles. The van der Waals surface area contributed by atoms with Gasteiger partial charge >= 0.3 is 0 Å². The van der Waals surface area contributed by atoms with E-state index in [1.165, 1.54) is 18.4 Å². The van der Waals surface area contributed by atoms with Crippen LogP contribution in [0.25, 0.3) is 0 Å². The highest BCUT2D eigenvalue weighted by atomic mass is 16.5. The minimum absolute atomic E-state index is 0.240. The maximum absolute atomic E-state index is 12.8. The quantitative estimate of drug-likeness (QED) is 0.928. The number of nitrogens with zero attached hydrogens (tertiary/aromatic N) is 1. The van der Waals surface area contributed by atoms with Crippen LogP contribution in [0.15, 0.2) is 24.3 Å². The van der Waals surface area contributed by atoms with Crippen molar-refractivity contribution in [3.63, 3.8) is 0 Å². The Kier molecular flexibility index (Phi) is 4.25. The van der Waals surface area contributed by atoms with E-state index in [-0.39, 0.29) is 6.10 Å². The lowest BCUT2D eigenvalue weighted by atomic mass is 9.91. The van der Waals surface area contributed by atoms with Crippen LogP contribution in [-0.4, -0.2) is 43.1 Å². The van der Waals surface area contributed by atoms with Crippen molar-refractivity contribution < 1.29 is 9.53 Å². The van der Waals surface area contributed by atoms with Crippen molar-refractivity contribution in [2.75, 3.05) is 26.2 Å². The number of likely N-dealkylation sites (tertiary alicyclic amines) is 1. The first-order valence-corrected chi connectivity index (χ1v) is 9.39. The van der Waals surface area contributed by atoms with Crippen molar-refractivity contribution in [2.45, 2.75) is 45.1 Å². The van der Waals surface area contributed by atoms with Crippen molar-refractivity contribution in [1.82, 2.24) is 10.2 Å². The molecule has 1 N–H and O–H groups in total. The lowest BCUT2D eigenvalue weighted by Gasteiger charge is -2.33. The number of ether oxygens (including phenoxy) is 1. The highest BCUT2D eigenvalue weighted by molar-refractivity contribution is 5.82. The van der Waals surface area contributed by atoms with Gasteiger partial charge in [-0.1, -0.05) is 17.7 Å². The van der Waals surface area contributed by atoms with Gasteiger partial charge in [0, 0.05) is 31.8 Å². The standard InChI is InChI=1S/C20H28N2O2/c1-15-2-4-16(5-3-15)24-17-6-12-22(13-7-17)19(23)18-14-20(18)8-10-21-11-9-20/h2-5,17-18,21H,6-14H2,1H3. The van der Waals surface area contributed by atoms with E-state index in [9.17, 15) is 4.79 Å². The fraction of sp³-hybridized carbons (Fsp3) is 0.650. The number of benzene rings is 1. The molecule has 1 unspecified atom stereocenters. The van der Waals surface area contributed by atoms with E-state index in [1.54, 1.807) is 0 Å². The number of hydrogen-bond acceptors (Lipinski definition) is 3. The summed E-state index contributed by atoms with van der Waals surface area (Å²) in [6.45, 7) is 5.94. The van der Waals surface area contributed by atoms with Crippen molar-refractivity contribution in [3.05, 3.63) is 29.8 Å². The van der Waals surface area contributed by atoms with Gasteiger partial charge in [-0.2, -0.15) is 0 Å². The Morgan fingerprint density at radius 1 is 1.17 bits per heavy atom. The lowest BCUT2D eigenvalue weighted by Crippen LogP contribution is -2.43. The molecular formula is C20H28N2O2. The predicted molar refractivity (Wildman–Crippen MR) is 94.1 cm³/mol. The number of hydrogen-bond donors (Lipinski definition) is 1. The first kappa shape index (κ1) is 15.9. The lowest BCUT2D eigenvalue weighted by molar-refractivity contribution is -0.135. The summed E-state index contributed by atoms with van der Waals surface area (Å²) in [5.41, 5.74) is 1.59. The smallest absolute Gasteiger partial charge is 0.226 e. The molecule has 4 rings (SSSR count). The topological polar surface area (TPSA) is 41.6 Å². The van der Waals surface area contributed by atoms with Crippen LogP contribution in [0.1, 0.15) is 37.7 Å². The second-order valence-electron chi connectivity index (χ2n) is 7.82. The minimum atomic E-state index is 0.240. The van der Waals surface area contributed by atoms with Gasteiger partial charge in [-0.25, -0.2) is 0 Å². The summed E-state index contributed by atoms with van der Waals surface area (Å²) in [5.74, 6) is 1.65. The van der Waals surface area contributed by atoms with Crippen LogP contribution < -0.4 is 10.1 Å². The van der Waals surface area contributed by atoms with Crippen LogP contribution in [-0.2, 0) is 4.79 Å². The number of piperidine rings is 2. The van der Waals surface area contributed by atoms with Gasteiger partial charge in [-0.15, -0.1) is 0 Å². The molecule has 2 saturated heterocycles. The molecule has 3 fully saturated rings. The number of carbonyl (C=O) groups is 1. The molecule has 3 aliphatic rings. The van der Waals surface area contributed by atoms with E-state index >= 15 is 0 Å². The molecule has 1 aliphatic carbocycles. The van der Waals surface area contributed by atoms with Crippen LogP contribution in [0, 0.1) is 18.3 Å². The molecule has 130 valence electrons. The fourth-order valence-electron chi connectivity index (χ4n) is 4.40. The maximum Gasteiger partial charge on any atom is 0.226 e. The molecule has 1 saturated carbocycles. The molecule has 1 aromatic carbocycles. The summed E-state index contributed by atoms with van der Waals surface area (Å²) in [6, 6.07) is 8.25. The van der Waals surface area contributed by atoms with Crippen molar-refractivity contribution in [3.8, 4) is 5.75 Å². The Morgan fingerprint density at radius 3 is 2.50 bits per heavy atom. The van der Waals surface area contributed by atoms with E-state index < -0.39 is 0 Å². The van der Waals surface area contributed by atoms with Gasteiger partial charge in [0.1, 0.15) is 11.9 Å². The third-order valence-corrected chi connectivity index (χ3v) is 6.16. The Balaban J connectivity index is 1.27. The number of rotatable bonds is 3. The average Bonchev–Trinajstić information content (AvgIpc) is 3.30. The zero-order chi connectivity index (χ0) is 16.6. The van der Waals surface area contributed by atoms with Crippen molar-refractivity contribution in [2.24, 2.45) is 11.3 Å². The predicted octanol–water partition coefficient (Wildman–Crippen LogP) is 2.75. The summed E-state index contributed by atoms with van der Waals surface area (Å²) in [7, 11) is 0. The van der Waals surface area contributed by atoms with Gasteiger partial charge in [0.05, 0.1) is 0 Å². The number of nitrogens with one attached hydrogen (secondary N) is 1. The third-order valence-electron chi connectivity index (χ3n) is 6.16. The first-order valence-electron chi connectivity index (χ1n) is 9.39. The fourth-order valence-corrected chi connectivity index (χ4v) is 4.40. The molecule has 2 heterocycles. The molecule has 1 spiro atoms. The normalized spacial score (nSPS) is 26.4. The second-order valence-corrected chi connectivity index (χ2v) is 7.82. The summed E-state index contributed by atoms with van der Waals surface area (Å²) >= 11 is 0. The SMILES string of the molecule is Cc1ccc(OC2CCN(C(=O)C3CC34CCNCC4)CC2)cc1. The summed E-state index contributed by atoms with van der Waals surface area (Å²) < 4.78 is 6.08. The van der Waals surface area contributed by atoms with E-state index in [0.717, 1.165) is 51.2 Å². The summed E-state index contributed by atoms with van der Waals surface area (Å²) in [5, 5.41) is 3.41. The number of amides is 1. The molecule has 0 aromatic heterocycles. The van der Waals surface area contributed by atoms with Gasteiger partial charge in [-0.3, -0.25) is 4.79 Å². The molecular weight excluding hydrogens is 300 g/mol. The van der Waals surface area contributed by atoms with Crippen LogP contribution in [0.4, 0.5) is 0 Å². The average molecular weight is 328 g/mol. The highest BCUT2D eigenvalue weighted by Gasteiger charge is 2.58. The zero-order valence-corrected chi connectivity index (χ0v) is 14.6. The Morgan fingerprint density at radius 2 is 1.83 bits per heavy atom. The van der Waals surface area contributed by atoms with Gasteiger partial charge in [-0.05, 0) is 56.8 Å². The van der Waals surface area contributed by atoms with Gasteiger partial charge in [0.2, 0.25) is 5.91 Å². The number of carbonyl (C=O) groups excluding carboxylic acids is 1. The first-order chi connectivity index (χ1) is 11.7. The summed E-state index contributed by atoms with van der Waals surface area (Å²) in [4.78, 5) is 14.9. The Bertz CT molecular complexity index is 584. The molecule has 4 nitrogen and oxygen atoms in total. The van der Waals surface area contributed by atoms with E-state index in [0.29, 0.717) is 17.2 Å². The van der Waals surface area contributed by atoms with Crippen molar-refractivity contribution >= 4 is 5.91 Å². The molecule has 1 amide bonds. The monoisotopic (exact) mass is 328 g/mol. The molecule has 1 aromatic rings. The van der Waals surface area contributed by atoms with E-state index in [1.807, 2.05) is 12.1 Å². The van der Waals surface area contributed by atoms with Crippen LogP contribution >= 0.6 is 0 Å². The summed E-state index contributed by atoms with van der Waals surface area (Å²) in [6.07, 6.45) is 5.60. The van der Waals surface area contributed by atoms with Crippen LogP contribution in [0.2, 0.25) is 0 Å². The third kappa shape index (κ3) is 3.16. The highest BCUT2D eigenvalue weighted by Crippen LogP contribution is 2.59. The molecule has 24 heavy (non-hydrogen) atoms. The van der Waals surface area contributed by atoms with Gasteiger partial charge in [0.15, 0.2) is 0 Å². The Hall–Kier alpha value is -1.55. The van der Waals surface area contributed by atoms with Crippen molar-refractivity contribution in [1.29, 1.82) is 0 Å². The van der Waals surface area contributed by atoms with Crippen LogP contribution in [0.5, 0.6) is 5.75 Å². The van der Waals surface area contributed by atoms with Crippen LogP contribution in [0.3, 0.4) is 0 Å². The van der Waals surface area contributed by atoms with Gasteiger partial charge in [0.25, 0.3) is 0 Å². The second kappa shape index (κ2) is 6.40.